The molecule has 0 aromatic heterocycles. The number of rotatable bonds is 6. The predicted octanol–water partition coefficient (Wildman–Crippen LogP) is 7.43. The van der Waals surface area contributed by atoms with Crippen LogP contribution < -0.4 is 10.6 Å². The van der Waals surface area contributed by atoms with Gasteiger partial charge in [0.1, 0.15) is 0 Å². The van der Waals surface area contributed by atoms with E-state index in [1.165, 1.54) is 97.1 Å². The van der Waals surface area contributed by atoms with Crippen LogP contribution in [-0.4, -0.2) is 5.90 Å². The molecule has 31 heavy (non-hydrogen) atoms. The second-order valence-corrected chi connectivity index (χ2v) is 16.5. The van der Waals surface area contributed by atoms with Gasteiger partial charge in [0.2, 0.25) is 0 Å². The van der Waals surface area contributed by atoms with Gasteiger partial charge in [0.25, 0.3) is 0 Å². The Hall–Kier alpha value is -2.54. The Morgan fingerprint density at radius 2 is 0.935 bits per heavy atom. The summed E-state index contributed by atoms with van der Waals surface area (Å²) in [6, 6.07) is 14.4. The van der Waals surface area contributed by atoms with Gasteiger partial charge in [-0.1, -0.05) is 0 Å². The van der Waals surface area contributed by atoms with Crippen LogP contribution in [0.4, 0.5) is 16.8 Å². The first kappa shape index (κ1) is 21.7. The third kappa shape index (κ3) is 3.69. The van der Waals surface area contributed by atoms with Crippen molar-refractivity contribution in [2.45, 2.75) is 0 Å². The van der Waals surface area contributed by atoms with Crippen molar-refractivity contribution in [2.24, 2.45) is 0 Å². The molecule has 2 aliphatic carbocycles. The van der Waals surface area contributed by atoms with E-state index in [-0.39, 0.29) is 21.9 Å². The molecule has 0 amide bonds. The van der Waals surface area contributed by atoms with Crippen LogP contribution in [0.3, 0.4) is 0 Å². The maximum absolute atomic E-state index is 17.1. The Labute approximate surface area is 181 Å². The Morgan fingerprint density at radius 1 is 0.581 bits per heavy atom. The van der Waals surface area contributed by atoms with E-state index < -0.39 is 20.4 Å². The summed E-state index contributed by atoms with van der Waals surface area (Å²) < 4.78 is 68.4. The maximum atomic E-state index is 17.1. The van der Waals surface area contributed by atoms with Crippen LogP contribution >= 0.6 is 14.4 Å². The summed E-state index contributed by atoms with van der Waals surface area (Å²) in [5.41, 5.74) is -0.591. The molecule has 0 saturated heterocycles. The fourth-order valence-corrected chi connectivity index (χ4v) is 16.0. The first-order valence-corrected chi connectivity index (χ1v) is 15.0. The van der Waals surface area contributed by atoms with Gasteiger partial charge < -0.3 is 0 Å². The van der Waals surface area contributed by atoms with E-state index in [9.17, 15) is 0 Å². The number of halogens is 4. The zero-order chi connectivity index (χ0) is 22.1. The van der Waals surface area contributed by atoms with E-state index in [0.29, 0.717) is 0 Å². The molecule has 0 nitrogen and oxygen atoms in total. The van der Waals surface area contributed by atoms with Crippen LogP contribution in [0.5, 0.6) is 0 Å². The third-order valence-electron chi connectivity index (χ3n) is 5.98. The molecule has 2 aromatic carbocycles. The zero-order valence-corrected chi connectivity index (χ0v) is 18.8. The van der Waals surface area contributed by atoms with Crippen molar-refractivity contribution in [3.63, 3.8) is 0 Å². The van der Waals surface area contributed by atoms with Crippen molar-refractivity contribution in [1.29, 1.82) is 0 Å². The molecule has 0 saturated carbocycles. The van der Waals surface area contributed by atoms with Gasteiger partial charge in [-0.15, -0.1) is 0 Å². The minimum atomic E-state index is -6.60. The predicted molar refractivity (Wildman–Crippen MR) is 130 cm³/mol. The standard InChI is InChI=1S/C25H24F4P2/c26-30(27,22-13-5-1-6-14-22,23-15-7-2-8-16-23)21-31(28,29,24-17-9-3-10-18-24)25-19-11-4-12-20-25/h1-20,30-31H,21H2/q+2. The molecule has 4 rings (SSSR count). The van der Waals surface area contributed by atoms with Crippen LogP contribution in [0.1, 0.15) is 0 Å². The molecule has 6 heteroatoms. The van der Waals surface area contributed by atoms with Crippen molar-refractivity contribution in [1.82, 2.24) is 0 Å². The summed E-state index contributed by atoms with van der Waals surface area (Å²) in [7, 11) is -13.2. The Balaban J connectivity index is 1.96. The van der Waals surface area contributed by atoms with E-state index >= 15 is 16.8 Å². The number of hydrogen-bond acceptors (Lipinski definition) is 0. The quantitative estimate of drug-likeness (QED) is 0.238. The molecule has 0 N–H and O–H groups in total. The van der Waals surface area contributed by atoms with E-state index in [2.05, 4.69) is 0 Å². The molecule has 0 atom stereocenters. The van der Waals surface area contributed by atoms with Gasteiger partial charge >= 0.3 is 181 Å². The molecule has 0 unspecified atom stereocenters. The average molecular weight is 462 g/mol. The summed E-state index contributed by atoms with van der Waals surface area (Å²) in [5, 5.41) is -0.591. The third-order valence-corrected chi connectivity index (χ3v) is 16.8. The molecule has 2 aromatic rings. The number of allylic oxidation sites excluding steroid dienone is 8. The van der Waals surface area contributed by atoms with Crippen molar-refractivity contribution < 1.29 is 16.8 Å². The van der Waals surface area contributed by atoms with Crippen molar-refractivity contribution in [3.05, 3.63) is 133 Å². The number of hydrogen-bond donors (Lipinski definition) is 0. The molecular formula is C25H24F4P2+2. The zero-order valence-electron chi connectivity index (χ0n) is 16.8. The summed E-state index contributed by atoms with van der Waals surface area (Å²) >= 11 is 0. The van der Waals surface area contributed by atoms with E-state index in [1.807, 2.05) is 0 Å². The van der Waals surface area contributed by atoms with Crippen LogP contribution in [0.25, 0.3) is 0 Å². The van der Waals surface area contributed by atoms with Crippen molar-refractivity contribution >= 4 is 25.1 Å². The van der Waals surface area contributed by atoms with Crippen LogP contribution in [0.15, 0.2) is 109 Å². The topological polar surface area (TPSA) is 0 Å². The fourth-order valence-electron chi connectivity index (χ4n) is 4.35. The first-order valence-electron chi connectivity index (χ1n) is 10.1. The Morgan fingerprint density at radius 3 is 1.29 bits per heavy atom. The van der Waals surface area contributed by atoms with Gasteiger partial charge in [-0.2, -0.15) is 0 Å². The average Bonchev–Trinajstić information content (AvgIpc) is 2.81. The fraction of sp³-hybridized carbons (Fsp3) is 0.0400. The van der Waals surface area contributed by atoms with Crippen LogP contribution in [0, 0.1) is 24.2 Å². The van der Waals surface area contributed by atoms with E-state index in [4.69, 9.17) is 0 Å². The molecular weight excluding hydrogens is 438 g/mol. The SMILES string of the molecule is F[PH-](F)(C[PH-](F)(F)([C+]1C=C[CH+]C=C1)[C+]1C=C[CH+]C=C1)(c1ccccc1)c1ccccc1. The van der Waals surface area contributed by atoms with Crippen molar-refractivity contribution in [2.75, 3.05) is 5.90 Å². The molecule has 0 spiro atoms. The van der Waals surface area contributed by atoms with E-state index in [0.717, 1.165) is 0 Å². The molecule has 0 aliphatic heterocycles. The molecule has 0 heterocycles. The molecule has 0 bridgehead atoms. The van der Waals surface area contributed by atoms with Crippen LogP contribution in [-0.2, 0) is 0 Å². The first-order chi connectivity index (χ1) is 14.7. The second-order valence-electron chi connectivity index (χ2n) is 8.03. The van der Waals surface area contributed by atoms with Crippen LogP contribution in [0.2, 0.25) is 0 Å². The van der Waals surface area contributed by atoms with Gasteiger partial charge in [0.05, 0.1) is 0 Å². The Bertz CT molecular complexity index is 954. The van der Waals surface area contributed by atoms with Gasteiger partial charge in [0, 0.05) is 0 Å². The number of benzene rings is 2. The summed E-state index contributed by atoms with van der Waals surface area (Å²) in [6.45, 7) is 0. The minimum absolute atomic E-state index is 0.295. The summed E-state index contributed by atoms with van der Waals surface area (Å²) in [6.07, 6.45) is 14.4. The van der Waals surface area contributed by atoms with E-state index in [1.54, 1.807) is 25.0 Å². The summed E-state index contributed by atoms with van der Waals surface area (Å²) in [5.74, 6) is -1.46. The second kappa shape index (κ2) is 7.55. The normalized spacial score (nSPS) is 18.5. The molecule has 160 valence electrons. The summed E-state index contributed by atoms with van der Waals surface area (Å²) in [4.78, 5) is 0. The van der Waals surface area contributed by atoms with Gasteiger partial charge in [-0.05, 0) is 0 Å². The molecule has 0 fully saturated rings. The molecule has 0 radical (unpaired) electrons. The molecule has 2 aliphatic rings. The monoisotopic (exact) mass is 462 g/mol. The van der Waals surface area contributed by atoms with Crippen molar-refractivity contribution in [3.8, 4) is 0 Å². The van der Waals surface area contributed by atoms with Gasteiger partial charge in [-0.3, -0.25) is 0 Å². The van der Waals surface area contributed by atoms with Gasteiger partial charge in [-0.25, -0.2) is 0 Å². The Kier molecular flexibility index (Phi) is 5.28. The van der Waals surface area contributed by atoms with Gasteiger partial charge in [0.15, 0.2) is 0 Å².